The Labute approximate surface area is 179 Å². The molecule has 0 bridgehead atoms. The van der Waals surface area contributed by atoms with Gasteiger partial charge in [-0.05, 0) is 39.0 Å². The first-order valence-electron chi connectivity index (χ1n) is 8.62. The molecule has 0 unspecified atom stereocenters. The molecule has 3 rings (SSSR count). The van der Waals surface area contributed by atoms with Gasteiger partial charge in [0.15, 0.2) is 5.78 Å². The van der Waals surface area contributed by atoms with Crippen LogP contribution in [-0.4, -0.2) is 23.0 Å². The summed E-state index contributed by atoms with van der Waals surface area (Å²) in [6.07, 6.45) is 1.17. The number of aryl methyl sites for hydroxylation is 2. The third-order valence-electron chi connectivity index (χ3n) is 3.78. The molecule has 5 heteroatoms. The molecule has 0 spiro atoms. The zero-order valence-corrected chi connectivity index (χ0v) is 19.1. The number of aliphatic hydroxyl groups excluding tert-OH is 1. The van der Waals surface area contributed by atoms with E-state index in [1.807, 2.05) is 24.3 Å². The number of pyridine rings is 1. The summed E-state index contributed by atoms with van der Waals surface area (Å²) in [5.74, 6) is 0.720. The second kappa shape index (κ2) is 10.7. The van der Waals surface area contributed by atoms with Crippen molar-refractivity contribution in [2.45, 2.75) is 27.7 Å². The fraction of sp³-hybridized carbons (Fsp3) is 0.217. The molecule has 0 saturated heterocycles. The number of nitrogens with zero attached hydrogens (tertiary/aromatic N) is 1. The maximum atomic E-state index is 10.0. The third-order valence-corrected chi connectivity index (χ3v) is 3.78. The summed E-state index contributed by atoms with van der Waals surface area (Å²) < 4.78 is 5.51. The maximum Gasteiger partial charge on any atom is 0.155 e. The van der Waals surface area contributed by atoms with Crippen molar-refractivity contribution in [2.75, 3.05) is 7.11 Å². The number of ketones is 1. The minimum absolute atomic E-state index is 0. The first-order valence-corrected chi connectivity index (χ1v) is 8.62. The zero-order chi connectivity index (χ0) is 20.0. The molecule has 1 aromatic heterocycles. The standard InChI is InChI=1S/C18H16NO.C5H8O2.Ir/c1-12-5-4-6-14(9-12)18-17(20-3)11-15-10-13(2)7-8-16(15)19-18;1-4(6)3-5(2)7;/h4-5,7-11H,1-3H3;3,6H,1-2H3;/q-1;;/b;4-3-;. The van der Waals surface area contributed by atoms with Crippen molar-refractivity contribution in [3.8, 4) is 17.0 Å². The molecule has 1 heterocycles. The van der Waals surface area contributed by atoms with Gasteiger partial charge < -0.3 is 9.84 Å². The van der Waals surface area contributed by atoms with Gasteiger partial charge in [0, 0.05) is 37.3 Å². The van der Waals surface area contributed by atoms with E-state index < -0.39 is 0 Å². The van der Waals surface area contributed by atoms with Crippen molar-refractivity contribution < 1.29 is 34.7 Å². The number of allylic oxidation sites excluding steroid dienone is 2. The van der Waals surface area contributed by atoms with Gasteiger partial charge in [0.05, 0.1) is 18.4 Å². The van der Waals surface area contributed by atoms with Gasteiger partial charge in [0.25, 0.3) is 0 Å². The molecular formula is C23H24IrNO3-. The largest absolute Gasteiger partial charge is 0.512 e. The van der Waals surface area contributed by atoms with Crippen molar-refractivity contribution in [3.63, 3.8) is 0 Å². The molecule has 149 valence electrons. The van der Waals surface area contributed by atoms with Crippen LogP contribution in [0.1, 0.15) is 25.0 Å². The topological polar surface area (TPSA) is 59.4 Å². The Kier molecular flexibility index (Phi) is 9.04. The smallest absolute Gasteiger partial charge is 0.155 e. The summed E-state index contributed by atoms with van der Waals surface area (Å²) in [6, 6.07) is 17.5. The van der Waals surface area contributed by atoms with Crippen LogP contribution in [-0.2, 0) is 24.9 Å². The summed E-state index contributed by atoms with van der Waals surface area (Å²) in [4.78, 5) is 14.8. The van der Waals surface area contributed by atoms with Crippen LogP contribution in [0.25, 0.3) is 22.2 Å². The Bertz CT molecular complexity index is 992. The van der Waals surface area contributed by atoms with E-state index in [0.717, 1.165) is 27.9 Å². The van der Waals surface area contributed by atoms with Crippen molar-refractivity contribution >= 4 is 16.7 Å². The van der Waals surface area contributed by atoms with E-state index in [9.17, 15) is 4.79 Å². The van der Waals surface area contributed by atoms with Crippen LogP contribution in [0.15, 0.2) is 54.3 Å². The van der Waals surface area contributed by atoms with Gasteiger partial charge in [-0.2, -0.15) is 0 Å². The van der Waals surface area contributed by atoms with Crippen LogP contribution in [0.5, 0.6) is 5.75 Å². The number of rotatable bonds is 3. The Hall–Kier alpha value is -2.49. The normalized spacial score (nSPS) is 10.5. The van der Waals surface area contributed by atoms with Crippen LogP contribution in [0, 0.1) is 19.9 Å². The fourth-order valence-corrected chi connectivity index (χ4v) is 2.64. The summed E-state index contributed by atoms with van der Waals surface area (Å²) in [5.41, 5.74) is 5.18. The van der Waals surface area contributed by atoms with E-state index in [-0.39, 0.29) is 31.6 Å². The van der Waals surface area contributed by atoms with E-state index in [4.69, 9.17) is 14.8 Å². The van der Waals surface area contributed by atoms with Gasteiger partial charge in [-0.25, -0.2) is 0 Å². The number of benzene rings is 2. The predicted molar refractivity (Wildman–Crippen MR) is 109 cm³/mol. The number of aromatic nitrogens is 1. The summed E-state index contributed by atoms with van der Waals surface area (Å²) in [7, 11) is 1.68. The summed E-state index contributed by atoms with van der Waals surface area (Å²) in [6.45, 7) is 6.99. The van der Waals surface area contributed by atoms with E-state index in [2.05, 4.69) is 38.1 Å². The zero-order valence-electron chi connectivity index (χ0n) is 16.7. The number of methoxy groups -OCH3 is 1. The molecule has 1 radical (unpaired) electrons. The predicted octanol–water partition coefficient (Wildman–Crippen LogP) is 5.36. The Balaban J connectivity index is 0.000000425. The monoisotopic (exact) mass is 555 g/mol. The molecule has 0 aliphatic heterocycles. The quantitative estimate of drug-likeness (QED) is 0.269. The number of ether oxygens (including phenoxy) is 1. The molecule has 0 aliphatic carbocycles. The average molecular weight is 555 g/mol. The number of fused-ring (bicyclic) bond motifs is 1. The van der Waals surface area contributed by atoms with E-state index >= 15 is 0 Å². The van der Waals surface area contributed by atoms with Gasteiger partial charge in [0.1, 0.15) is 5.75 Å². The number of aliphatic hydroxyl groups is 1. The molecule has 0 atom stereocenters. The van der Waals surface area contributed by atoms with E-state index in [0.29, 0.717) is 0 Å². The van der Waals surface area contributed by atoms with Crippen molar-refractivity contribution in [1.82, 2.24) is 4.98 Å². The molecule has 0 amide bonds. The summed E-state index contributed by atoms with van der Waals surface area (Å²) >= 11 is 0. The number of carbonyl (C=O) groups excluding carboxylic acids is 1. The fourth-order valence-electron chi connectivity index (χ4n) is 2.64. The molecule has 3 aromatic rings. The van der Waals surface area contributed by atoms with Gasteiger partial charge in [-0.3, -0.25) is 9.78 Å². The van der Waals surface area contributed by atoms with E-state index in [1.165, 1.54) is 31.1 Å². The SMILES string of the molecule is CC(=O)/C=C(/C)O.COc1cc2cc(C)ccc2nc1-c1[c-]ccc(C)c1.[Ir]. The van der Waals surface area contributed by atoms with Crippen LogP contribution in [0.2, 0.25) is 0 Å². The van der Waals surface area contributed by atoms with Gasteiger partial charge >= 0.3 is 0 Å². The minimum atomic E-state index is -0.125. The van der Waals surface area contributed by atoms with Crippen molar-refractivity contribution in [1.29, 1.82) is 0 Å². The average Bonchev–Trinajstić information content (AvgIpc) is 2.59. The van der Waals surface area contributed by atoms with Gasteiger partial charge in [-0.15, -0.1) is 35.4 Å². The molecule has 1 N–H and O–H groups in total. The number of hydrogen-bond acceptors (Lipinski definition) is 4. The second-order valence-electron chi connectivity index (χ2n) is 6.41. The Morgan fingerprint density at radius 1 is 1.11 bits per heavy atom. The number of hydrogen-bond donors (Lipinski definition) is 1. The molecule has 28 heavy (non-hydrogen) atoms. The Morgan fingerprint density at radius 2 is 1.79 bits per heavy atom. The molecule has 0 aliphatic rings. The van der Waals surface area contributed by atoms with E-state index in [1.54, 1.807) is 7.11 Å². The number of carbonyl (C=O) groups is 1. The molecule has 0 fully saturated rings. The van der Waals surface area contributed by atoms with Crippen LogP contribution in [0.4, 0.5) is 0 Å². The van der Waals surface area contributed by atoms with Gasteiger partial charge in [-0.1, -0.05) is 18.6 Å². The summed E-state index contributed by atoms with van der Waals surface area (Å²) in [5, 5.41) is 9.46. The van der Waals surface area contributed by atoms with Crippen LogP contribution < -0.4 is 4.74 Å². The Morgan fingerprint density at radius 3 is 2.32 bits per heavy atom. The first kappa shape index (κ1) is 23.5. The molecule has 0 saturated carbocycles. The maximum absolute atomic E-state index is 10.0. The van der Waals surface area contributed by atoms with Gasteiger partial charge in [0.2, 0.25) is 0 Å². The molecular weight excluding hydrogens is 530 g/mol. The van der Waals surface area contributed by atoms with Crippen LogP contribution in [0.3, 0.4) is 0 Å². The van der Waals surface area contributed by atoms with Crippen LogP contribution >= 0.6 is 0 Å². The third kappa shape index (κ3) is 6.59. The van der Waals surface area contributed by atoms with Crippen molar-refractivity contribution in [2.24, 2.45) is 0 Å². The molecule has 4 nitrogen and oxygen atoms in total. The first-order chi connectivity index (χ1) is 12.8. The molecule has 2 aromatic carbocycles. The second-order valence-corrected chi connectivity index (χ2v) is 6.41. The minimum Gasteiger partial charge on any atom is -0.512 e. The van der Waals surface area contributed by atoms with Crippen molar-refractivity contribution in [3.05, 3.63) is 71.5 Å².